The van der Waals surface area contributed by atoms with E-state index in [4.69, 9.17) is 16.2 Å². The number of nitrogens with one attached hydrogen (secondary N) is 2. The Morgan fingerprint density at radius 2 is 1.87 bits per heavy atom. The van der Waals surface area contributed by atoms with Gasteiger partial charge in [0.2, 0.25) is 0 Å². The van der Waals surface area contributed by atoms with Crippen molar-refractivity contribution in [3.8, 4) is 0 Å². The van der Waals surface area contributed by atoms with E-state index < -0.39 is 16.1 Å². The van der Waals surface area contributed by atoms with Crippen molar-refractivity contribution in [1.29, 1.82) is 0 Å². The van der Waals surface area contributed by atoms with Crippen LogP contribution in [0.1, 0.15) is 5.56 Å². The van der Waals surface area contributed by atoms with Gasteiger partial charge in [-0.15, -0.1) is 0 Å². The normalized spacial score (nSPS) is 11.4. The smallest absolute Gasteiger partial charge is 0.314 e. The summed E-state index contributed by atoms with van der Waals surface area (Å²) < 4.78 is 31.0. The second kappa shape index (κ2) is 7.28. The zero-order chi connectivity index (χ0) is 16.9. The minimum atomic E-state index is -4.32. The number of anilines is 1. The zero-order valence-electron chi connectivity index (χ0n) is 11.7. The number of hydrogen-bond donors (Lipinski definition) is 3. The van der Waals surface area contributed by atoms with Crippen molar-refractivity contribution in [1.82, 2.24) is 5.32 Å². The summed E-state index contributed by atoms with van der Waals surface area (Å²) in [5.74, 6) is 0. The van der Waals surface area contributed by atoms with Crippen molar-refractivity contribution in [3.63, 3.8) is 0 Å². The molecular formula is C15H13ClN2O4S. The highest BCUT2D eigenvalue weighted by atomic mass is 35.5. The second-order valence-corrected chi connectivity index (χ2v) is 6.28. The molecule has 0 heterocycles. The number of carbonyl (C=O) groups excluding carboxylic acids is 1. The predicted molar refractivity (Wildman–Crippen MR) is 88.9 cm³/mol. The monoisotopic (exact) mass is 352 g/mol. The largest absolute Gasteiger partial charge is 0.323 e. The van der Waals surface area contributed by atoms with E-state index in [0.717, 1.165) is 11.6 Å². The fourth-order valence-corrected chi connectivity index (χ4v) is 2.44. The van der Waals surface area contributed by atoms with Crippen LogP contribution in [0.3, 0.4) is 0 Å². The van der Waals surface area contributed by atoms with Gasteiger partial charge < -0.3 is 10.6 Å². The lowest BCUT2D eigenvalue weighted by molar-refractivity contribution is 0.255. The molecule has 2 aromatic rings. The average Bonchev–Trinajstić information content (AvgIpc) is 2.48. The van der Waals surface area contributed by atoms with E-state index in [1.807, 2.05) is 6.07 Å². The van der Waals surface area contributed by atoms with Crippen LogP contribution in [-0.4, -0.2) is 19.0 Å². The molecule has 0 unspecified atom stereocenters. The van der Waals surface area contributed by atoms with E-state index in [1.165, 1.54) is 24.4 Å². The van der Waals surface area contributed by atoms with Gasteiger partial charge in [-0.1, -0.05) is 35.9 Å². The first-order valence-electron chi connectivity index (χ1n) is 6.42. The molecule has 2 amide bonds. The van der Waals surface area contributed by atoms with E-state index in [0.29, 0.717) is 5.02 Å². The van der Waals surface area contributed by atoms with Gasteiger partial charge in [-0.25, -0.2) is 4.79 Å². The molecule has 2 aromatic carbocycles. The van der Waals surface area contributed by atoms with Gasteiger partial charge in [0, 0.05) is 16.9 Å². The average molecular weight is 353 g/mol. The molecule has 0 radical (unpaired) electrons. The molecule has 0 aliphatic carbocycles. The first kappa shape index (κ1) is 17.0. The van der Waals surface area contributed by atoms with Crippen LogP contribution >= 0.6 is 11.6 Å². The fraction of sp³-hybridized carbons (Fsp3) is 0. The molecule has 23 heavy (non-hydrogen) atoms. The predicted octanol–water partition coefficient (Wildman–Crippen LogP) is 3.38. The van der Waals surface area contributed by atoms with Crippen LogP contribution < -0.4 is 10.6 Å². The first-order valence-corrected chi connectivity index (χ1v) is 8.24. The molecule has 3 N–H and O–H groups in total. The van der Waals surface area contributed by atoms with Crippen molar-refractivity contribution >= 4 is 39.5 Å². The van der Waals surface area contributed by atoms with Gasteiger partial charge in [0.05, 0.1) is 4.90 Å². The molecule has 8 heteroatoms. The molecule has 6 nitrogen and oxygen atoms in total. The van der Waals surface area contributed by atoms with Crippen LogP contribution in [0.5, 0.6) is 0 Å². The maximum absolute atomic E-state index is 11.7. The Balaban J connectivity index is 1.99. The van der Waals surface area contributed by atoms with Gasteiger partial charge in [-0.2, -0.15) is 8.42 Å². The lowest BCUT2D eigenvalue weighted by Crippen LogP contribution is -2.23. The van der Waals surface area contributed by atoms with E-state index in [2.05, 4.69) is 10.6 Å². The minimum Gasteiger partial charge on any atom is -0.314 e. The molecule has 0 aliphatic heterocycles. The summed E-state index contributed by atoms with van der Waals surface area (Å²) >= 11 is 5.97. The van der Waals surface area contributed by atoms with Gasteiger partial charge in [0.15, 0.2) is 0 Å². The standard InChI is InChI=1S/C15H13ClN2O4S/c16-14-7-2-1-4-11(14)8-9-17-15(19)18-12-5-3-6-13(10-12)23(20,21)22/h1-10H,(H2,17,18,19)(H,20,21,22)/b9-8+. The lowest BCUT2D eigenvalue weighted by atomic mass is 10.2. The van der Waals surface area contributed by atoms with Gasteiger partial charge in [0.25, 0.3) is 10.1 Å². The molecule has 0 aliphatic rings. The van der Waals surface area contributed by atoms with Crippen molar-refractivity contribution in [3.05, 3.63) is 65.3 Å². The quantitative estimate of drug-likeness (QED) is 0.735. The number of rotatable bonds is 4. The van der Waals surface area contributed by atoms with Crippen molar-refractivity contribution in [2.45, 2.75) is 4.90 Å². The summed E-state index contributed by atoms with van der Waals surface area (Å²) in [6.45, 7) is 0. The molecule has 2 rings (SSSR count). The summed E-state index contributed by atoms with van der Waals surface area (Å²) in [5, 5.41) is 5.46. The van der Waals surface area contributed by atoms with Gasteiger partial charge >= 0.3 is 6.03 Å². The van der Waals surface area contributed by atoms with Crippen molar-refractivity contribution in [2.24, 2.45) is 0 Å². The topological polar surface area (TPSA) is 95.5 Å². The van der Waals surface area contributed by atoms with Gasteiger partial charge in [-0.3, -0.25) is 4.55 Å². The Labute approximate surface area is 138 Å². The maximum Gasteiger partial charge on any atom is 0.323 e. The molecule has 0 saturated carbocycles. The fourth-order valence-electron chi connectivity index (χ4n) is 1.72. The summed E-state index contributed by atoms with van der Waals surface area (Å²) in [7, 11) is -4.32. The molecule has 0 fully saturated rings. The van der Waals surface area contributed by atoms with E-state index >= 15 is 0 Å². The summed E-state index contributed by atoms with van der Waals surface area (Å²) in [6.07, 6.45) is 3.03. The van der Waals surface area contributed by atoms with Crippen molar-refractivity contribution < 1.29 is 17.8 Å². The van der Waals surface area contributed by atoms with Gasteiger partial charge in [-0.05, 0) is 35.9 Å². The Kier molecular flexibility index (Phi) is 5.38. The first-order chi connectivity index (χ1) is 10.9. The number of halogens is 1. The minimum absolute atomic E-state index is 0.226. The maximum atomic E-state index is 11.7. The number of amides is 2. The molecule has 120 valence electrons. The van der Waals surface area contributed by atoms with E-state index in [-0.39, 0.29) is 10.6 Å². The van der Waals surface area contributed by atoms with E-state index in [9.17, 15) is 13.2 Å². The second-order valence-electron chi connectivity index (χ2n) is 4.46. The number of hydrogen-bond acceptors (Lipinski definition) is 3. The SMILES string of the molecule is O=C(N/C=C/c1ccccc1Cl)Nc1cccc(S(=O)(=O)O)c1. The summed E-state index contributed by atoms with van der Waals surface area (Å²) in [5.41, 5.74) is 0.964. The Hall–Kier alpha value is -2.35. The summed E-state index contributed by atoms with van der Waals surface area (Å²) in [4.78, 5) is 11.4. The third-order valence-electron chi connectivity index (χ3n) is 2.77. The highest BCUT2D eigenvalue weighted by Gasteiger charge is 2.10. The number of benzene rings is 2. The van der Waals surface area contributed by atoms with E-state index in [1.54, 1.807) is 24.3 Å². The Morgan fingerprint density at radius 1 is 1.13 bits per heavy atom. The Bertz CT molecular complexity index is 850. The van der Waals surface area contributed by atoms with Crippen LogP contribution in [0.25, 0.3) is 6.08 Å². The molecule has 0 bridgehead atoms. The van der Waals surface area contributed by atoms with Crippen molar-refractivity contribution in [2.75, 3.05) is 5.32 Å². The number of carbonyl (C=O) groups is 1. The van der Waals surface area contributed by atoms with Crippen LogP contribution in [0, 0.1) is 0 Å². The molecule has 0 spiro atoms. The number of urea groups is 1. The molecule has 0 atom stereocenters. The lowest BCUT2D eigenvalue weighted by Gasteiger charge is -2.06. The highest BCUT2D eigenvalue weighted by Crippen LogP contribution is 2.16. The van der Waals surface area contributed by atoms with Crippen LogP contribution in [0.2, 0.25) is 5.02 Å². The highest BCUT2D eigenvalue weighted by molar-refractivity contribution is 7.85. The van der Waals surface area contributed by atoms with Crippen LogP contribution in [-0.2, 0) is 10.1 Å². The zero-order valence-corrected chi connectivity index (χ0v) is 13.3. The van der Waals surface area contributed by atoms with Crippen LogP contribution in [0.15, 0.2) is 59.6 Å². The molecular weight excluding hydrogens is 340 g/mol. The Morgan fingerprint density at radius 3 is 2.57 bits per heavy atom. The third kappa shape index (κ3) is 5.10. The van der Waals surface area contributed by atoms with Crippen LogP contribution in [0.4, 0.5) is 10.5 Å². The molecule has 0 aromatic heterocycles. The summed E-state index contributed by atoms with van der Waals surface area (Å²) in [6, 6.07) is 11.8. The molecule has 0 saturated heterocycles. The van der Waals surface area contributed by atoms with Gasteiger partial charge in [0.1, 0.15) is 0 Å². The third-order valence-corrected chi connectivity index (χ3v) is 3.97.